The number of nitrogens with one attached hydrogen (secondary N) is 1. The fourth-order valence-electron chi connectivity index (χ4n) is 2.60. The van der Waals surface area contributed by atoms with E-state index in [-0.39, 0.29) is 29.0 Å². The topological polar surface area (TPSA) is 76.1 Å². The first-order valence-electron chi connectivity index (χ1n) is 6.98. The fraction of sp³-hybridized carbons (Fsp3) is 0.333. The summed E-state index contributed by atoms with van der Waals surface area (Å²) in [7, 11) is -2.93. The molecule has 1 unspecified atom stereocenters. The maximum Gasteiger partial charge on any atom is 0.269 e. The number of halogens is 1. The van der Waals surface area contributed by atoms with E-state index in [1.54, 1.807) is 18.2 Å². The molecule has 3 rings (SSSR count). The highest BCUT2D eigenvalue weighted by Crippen LogP contribution is 2.21. The number of para-hydroxylation sites is 1. The summed E-state index contributed by atoms with van der Waals surface area (Å²) in [5, 5.41) is 4.11. The number of fused-ring (bicyclic) bond motifs is 1. The molecule has 2 aromatic rings. The molecule has 1 fully saturated rings. The smallest absolute Gasteiger partial charge is 0.269 e. The molecule has 7 heteroatoms. The summed E-state index contributed by atoms with van der Waals surface area (Å²) in [6.07, 6.45) is 0.597. The quantitative estimate of drug-likeness (QED) is 0.929. The van der Waals surface area contributed by atoms with Crippen molar-refractivity contribution in [3.8, 4) is 0 Å². The number of hydrogen-bond donors (Lipinski definition) is 1. The third-order valence-electron chi connectivity index (χ3n) is 3.78. The predicted octanol–water partition coefficient (Wildman–Crippen LogP) is 2.05. The van der Waals surface area contributed by atoms with Crippen LogP contribution in [0.4, 0.5) is 0 Å². The molecule has 1 aromatic heterocycles. The molecule has 1 saturated heterocycles. The maximum absolute atomic E-state index is 12.2. The van der Waals surface area contributed by atoms with Crippen LogP contribution in [0.25, 0.3) is 10.9 Å². The average Bonchev–Trinajstić information content (AvgIpc) is 2.84. The van der Waals surface area contributed by atoms with Gasteiger partial charge in [0.1, 0.15) is 5.69 Å². The second kappa shape index (κ2) is 5.85. The van der Waals surface area contributed by atoms with Crippen molar-refractivity contribution in [1.82, 2.24) is 10.3 Å². The van der Waals surface area contributed by atoms with Gasteiger partial charge in [-0.2, -0.15) is 0 Å². The third kappa shape index (κ3) is 3.23. The summed E-state index contributed by atoms with van der Waals surface area (Å²) < 4.78 is 22.8. The van der Waals surface area contributed by atoms with Crippen LogP contribution in [0, 0.1) is 5.92 Å². The average molecular weight is 339 g/mol. The van der Waals surface area contributed by atoms with Gasteiger partial charge in [0.2, 0.25) is 0 Å². The summed E-state index contributed by atoms with van der Waals surface area (Å²) in [4.78, 5) is 16.4. The summed E-state index contributed by atoms with van der Waals surface area (Å²) >= 11 is 6.08. The zero-order chi connectivity index (χ0) is 15.7. The Morgan fingerprint density at radius 1 is 1.32 bits per heavy atom. The van der Waals surface area contributed by atoms with Gasteiger partial charge in [-0.1, -0.05) is 29.8 Å². The lowest BCUT2D eigenvalue weighted by molar-refractivity contribution is 0.0944. The van der Waals surface area contributed by atoms with Crippen molar-refractivity contribution >= 4 is 38.2 Å². The molecule has 1 N–H and O–H groups in total. The number of amides is 1. The SMILES string of the molecule is O=C(NCC1CCS(=O)(=O)C1)c1ccc2cccc(Cl)c2n1. The van der Waals surface area contributed by atoms with E-state index >= 15 is 0 Å². The molecule has 0 aliphatic carbocycles. The van der Waals surface area contributed by atoms with E-state index in [4.69, 9.17) is 11.6 Å². The van der Waals surface area contributed by atoms with Gasteiger partial charge in [-0.05, 0) is 24.5 Å². The van der Waals surface area contributed by atoms with Crippen LogP contribution in [0.3, 0.4) is 0 Å². The fourth-order valence-corrected chi connectivity index (χ4v) is 4.68. The highest BCUT2D eigenvalue weighted by Gasteiger charge is 2.28. The largest absolute Gasteiger partial charge is 0.350 e. The Kier molecular flexibility index (Phi) is 4.06. The van der Waals surface area contributed by atoms with Gasteiger partial charge in [0, 0.05) is 11.9 Å². The lowest BCUT2D eigenvalue weighted by atomic mass is 10.1. The summed E-state index contributed by atoms with van der Waals surface area (Å²) in [6, 6.07) is 8.86. The zero-order valence-corrected chi connectivity index (χ0v) is 13.3. The number of carbonyl (C=O) groups excluding carboxylic acids is 1. The molecule has 5 nitrogen and oxygen atoms in total. The molecular weight excluding hydrogens is 324 g/mol. The first-order chi connectivity index (χ1) is 10.4. The Bertz CT molecular complexity index is 836. The molecule has 2 heterocycles. The van der Waals surface area contributed by atoms with E-state index < -0.39 is 9.84 Å². The van der Waals surface area contributed by atoms with Crippen molar-refractivity contribution in [2.75, 3.05) is 18.1 Å². The van der Waals surface area contributed by atoms with Gasteiger partial charge in [0.25, 0.3) is 5.91 Å². The Morgan fingerprint density at radius 3 is 2.86 bits per heavy atom. The van der Waals surface area contributed by atoms with Crippen molar-refractivity contribution in [3.05, 3.63) is 41.0 Å². The van der Waals surface area contributed by atoms with Gasteiger partial charge in [0.05, 0.1) is 22.0 Å². The Hall–Kier alpha value is -1.66. The first kappa shape index (κ1) is 15.2. The van der Waals surface area contributed by atoms with Crippen molar-refractivity contribution < 1.29 is 13.2 Å². The van der Waals surface area contributed by atoms with E-state index in [0.29, 0.717) is 23.5 Å². The third-order valence-corrected chi connectivity index (χ3v) is 5.92. The van der Waals surface area contributed by atoms with Gasteiger partial charge in [-0.3, -0.25) is 4.79 Å². The van der Waals surface area contributed by atoms with E-state index in [0.717, 1.165) is 5.39 Å². The molecule has 0 radical (unpaired) electrons. The number of carbonyl (C=O) groups is 1. The summed E-state index contributed by atoms with van der Waals surface area (Å²) in [5.41, 5.74) is 0.863. The van der Waals surface area contributed by atoms with Gasteiger partial charge in [-0.25, -0.2) is 13.4 Å². The van der Waals surface area contributed by atoms with E-state index in [2.05, 4.69) is 10.3 Å². The molecular formula is C15H15ClN2O3S. The number of aromatic nitrogens is 1. The van der Waals surface area contributed by atoms with Crippen molar-refractivity contribution in [2.24, 2.45) is 5.92 Å². The number of benzene rings is 1. The molecule has 116 valence electrons. The number of rotatable bonds is 3. The monoisotopic (exact) mass is 338 g/mol. The van der Waals surface area contributed by atoms with Crippen molar-refractivity contribution in [3.63, 3.8) is 0 Å². The normalized spacial score (nSPS) is 20.1. The molecule has 1 amide bonds. The second-order valence-electron chi connectivity index (χ2n) is 5.49. The van der Waals surface area contributed by atoms with Crippen LogP contribution in [0.1, 0.15) is 16.9 Å². The molecule has 0 spiro atoms. The standard InChI is InChI=1S/C15H15ClN2O3S/c16-12-3-1-2-11-4-5-13(18-14(11)12)15(19)17-8-10-6-7-22(20,21)9-10/h1-5,10H,6-9H2,(H,17,19). The van der Waals surface area contributed by atoms with Crippen LogP contribution in [0.2, 0.25) is 5.02 Å². The molecule has 1 aliphatic rings. The maximum atomic E-state index is 12.2. The molecule has 0 saturated carbocycles. The predicted molar refractivity (Wildman–Crippen MR) is 85.8 cm³/mol. The molecule has 22 heavy (non-hydrogen) atoms. The van der Waals surface area contributed by atoms with Crippen LogP contribution < -0.4 is 5.32 Å². The number of pyridine rings is 1. The van der Waals surface area contributed by atoms with Crippen molar-refractivity contribution in [1.29, 1.82) is 0 Å². The summed E-state index contributed by atoms with van der Waals surface area (Å²) in [5.74, 6) is 0.0193. The van der Waals surface area contributed by atoms with Crippen LogP contribution >= 0.6 is 11.6 Å². The number of nitrogens with zero attached hydrogens (tertiary/aromatic N) is 1. The van der Waals surface area contributed by atoms with E-state index in [9.17, 15) is 13.2 Å². The number of sulfone groups is 1. The highest BCUT2D eigenvalue weighted by molar-refractivity contribution is 7.91. The van der Waals surface area contributed by atoms with Gasteiger partial charge in [-0.15, -0.1) is 0 Å². The van der Waals surface area contributed by atoms with Gasteiger partial charge < -0.3 is 5.32 Å². The Morgan fingerprint density at radius 2 is 2.14 bits per heavy atom. The van der Waals surface area contributed by atoms with E-state index in [1.165, 1.54) is 0 Å². The molecule has 1 atom stereocenters. The number of hydrogen-bond acceptors (Lipinski definition) is 4. The van der Waals surface area contributed by atoms with Crippen LogP contribution in [-0.4, -0.2) is 37.4 Å². The zero-order valence-electron chi connectivity index (χ0n) is 11.8. The minimum absolute atomic E-state index is 0.0157. The Balaban J connectivity index is 1.71. The van der Waals surface area contributed by atoms with Crippen LogP contribution in [-0.2, 0) is 9.84 Å². The molecule has 0 bridgehead atoms. The van der Waals surface area contributed by atoms with Gasteiger partial charge in [0.15, 0.2) is 9.84 Å². The summed E-state index contributed by atoms with van der Waals surface area (Å²) in [6.45, 7) is 0.348. The van der Waals surface area contributed by atoms with Crippen molar-refractivity contribution in [2.45, 2.75) is 6.42 Å². The highest BCUT2D eigenvalue weighted by atomic mass is 35.5. The minimum atomic E-state index is -2.93. The molecule has 1 aliphatic heterocycles. The molecule has 1 aromatic carbocycles. The van der Waals surface area contributed by atoms with Crippen LogP contribution in [0.15, 0.2) is 30.3 Å². The van der Waals surface area contributed by atoms with Gasteiger partial charge >= 0.3 is 0 Å². The lowest BCUT2D eigenvalue weighted by Gasteiger charge is -2.10. The van der Waals surface area contributed by atoms with Crippen LogP contribution in [0.5, 0.6) is 0 Å². The first-order valence-corrected chi connectivity index (χ1v) is 9.18. The second-order valence-corrected chi connectivity index (χ2v) is 8.12. The Labute approximate surface area is 133 Å². The minimum Gasteiger partial charge on any atom is -0.350 e. The van der Waals surface area contributed by atoms with E-state index in [1.807, 2.05) is 12.1 Å². The lowest BCUT2D eigenvalue weighted by Crippen LogP contribution is -2.30.